The zero-order valence-corrected chi connectivity index (χ0v) is 10.5. The van der Waals surface area contributed by atoms with Crippen LogP contribution in [0, 0.1) is 5.92 Å². The average molecular weight is 254 g/mol. The molecule has 1 aromatic carbocycles. The predicted molar refractivity (Wildman–Crippen MR) is 67.0 cm³/mol. The number of fused-ring (bicyclic) bond motifs is 1. The summed E-state index contributed by atoms with van der Waals surface area (Å²) in [6, 6.07) is 5.29. The number of rotatable bonds is 3. The van der Waals surface area contributed by atoms with Crippen molar-refractivity contribution in [2.45, 2.75) is 25.8 Å². The first-order chi connectivity index (χ1) is 8.13. The summed E-state index contributed by atoms with van der Waals surface area (Å²) in [6.07, 6.45) is 1.56. The van der Waals surface area contributed by atoms with Gasteiger partial charge >= 0.3 is 5.97 Å². The molecule has 0 radical (unpaired) electrons. The fourth-order valence-corrected chi connectivity index (χ4v) is 2.60. The van der Waals surface area contributed by atoms with Crippen molar-refractivity contribution in [2.75, 3.05) is 6.61 Å². The monoisotopic (exact) mass is 253 g/mol. The maximum absolute atomic E-state index is 11.6. The topological polar surface area (TPSA) is 52.3 Å². The van der Waals surface area contributed by atoms with Crippen molar-refractivity contribution >= 4 is 17.6 Å². The van der Waals surface area contributed by atoms with Gasteiger partial charge in [-0.25, -0.2) is 0 Å². The third-order valence-electron chi connectivity index (χ3n) is 3.23. The van der Waals surface area contributed by atoms with Gasteiger partial charge in [0.2, 0.25) is 0 Å². The number of hydrogen-bond acceptors (Lipinski definition) is 3. The average Bonchev–Trinajstić information content (AvgIpc) is 2.73. The highest BCUT2D eigenvalue weighted by atomic mass is 35.5. The van der Waals surface area contributed by atoms with Crippen molar-refractivity contribution < 1.29 is 9.53 Å². The molecule has 0 aliphatic heterocycles. The van der Waals surface area contributed by atoms with E-state index in [-0.39, 0.29) is 11.9 Å². The number of hydrogen-bond donors (Lipinski definition) is 1. The van der Waals surface area contributed by atoms with Crippen LogP contribution in [0.25, 0.3) is 0 Å². The minimum Gasteiger partial charge on any atom is -0.465 e. The Morgan fingerprint density at radius 2 is 2.35 bits per heavy atom. The van der Waals surface area contributed by atoms with Crippen molar-refractivity contribution in [1.29, 1.82) is 0 Å². The van der Waals surface area contributed by atoms with E-state index in [2.05, 4.69) is 0 Å². The van der Waals surface area contributed by atoms with Gasteiger partial charge in [-0.15, -0.1) is 0 Å². The van der Waals surface area contributed by atoms with Crippen LogP contribution in [-0.4, -0.2) is 18.6 Å². The van der Waals surface area contributed by atoms with Crippen LogP contribution in [-0.2, 0) is 22.4 Å². The Bertz CT molecular complexity index is 433. The zero-order valence-electron chi connectivity index (χ0n) is 9.78. The molecule has 0 amide bonds. The lowest BCUT2D eigenvalue weighted by Gasteiger charge is -2.16. The van der Waals surface area contributed by atoms with E-state index < -0.39 is 6.04 Å². The van der Waals surface area contributed by atoms with Gasteiger partial charge in [-0.1, -0.05) is 23.7 Å². The van der Waals surface area contributed by atoms with Crippen molar-refractivity contribution in [3.63, 3.8) is 0 Å². The predicted octanol–water partition coefficient (Wildman–Crippen LogP) is 1.95. The van der Waals surface area contributed by atoms with Crippen LogP contribution in [0.3, 0.4) is 0 Å². The standard InChI is InChI=1S/C13H16ClNO2/c1-2-17-13(16)12(15)9-6-8-4-3-5-11(14)10(8)7-9/h3-5,9,12H,2,6-7,15H2,1H3. The van der Waals surface area contributed by atoms with Crippen molar-refractivity contribution in [3.05, 3.63) is 34.3 Å². The number of halogens is 1. The quantitative estimate of drug-likeness (QED) is 0.838. The fraction of sp³-hybridized carbons (Fsp3) is 0.462. The molecule has 2 rings (SSSR count). The molecular formula is C13H16ClNO2. The van der Waals surface area contributed by atoms with E-state index in [9.17, 15) is 4.79 Å². The van der Waals surface area contributed by atoms with Crippen LogP contribution < -0.4 is 5.73 Å². The number of carbonyl (C=O) groups is 1. The van der Waals surface area contributed by atoms with E-state index in [0.717, 1.165) is 23.4 Å². The van der Waals surface area contributed by atoms with Gasteiger partial charge in [-0.05, 0) is 42.9 Å². The Morgan fingerprint density at radius 3 is 3.00 bits per heavy atom. The molecule has 0 saturated carbocycles. The first kappa shape index (κ1) is 12.4. The first-order valence-corrected chi connectivity index (χ1v) is 6.19. The minimum atomic E-state index is -0.557. The molecule has 2 atom stereocenters. The molecule has 0 heterocycles. The van der Waals surface area contributed by atoms with Gasteiger partial charge in [-0.2, -0.15) is 0 Å². The third kappa shape index (κ3) is 2.45. The normalized spacial score (nSPS) is 19.8. The molecule has 1 aliphatic carbocycles. The van der Waals surface area contributed by atoms with Gasteiger partial charge in [0, 0.05) is 5.02 Å². The second-order valence-electron chi connectivity index (χ2n) is 4.32. The highest BCUT2D eigenvalue weighted by Gasteiger charge is 2.32. The maximum Gasteiger partial charge on any atom is 0.323 e. The SMILES string of the molecule is CCOC(=O)C(N)C1Cc2cccc(Cl)c2C1. The van der Waals surface area contributed by atoms with Crippen LogP contribution in [0.15, 0.2) is 18.2 Å². The largest absolute Gasteiger partial charge is 0.465 e. The van der Waals surface area contributed by atoms with E-state index >= 15 is 0 Å². The molecule has 4 heteroatoms. The van der Waals surface area contributed by atoms with Crippen LogP contribution in [0.4, 0.5) is 0 Å². The molecular weight excluding hydrogens is 238 g/mol. The van der Waals surface area contributed by atoms with Gasteiger partial charge in [0.1, 0.15) is 6.04 Å². The zero-order chi connectivity index (χ0) is 12.4. The van der Waals surface area contributed by atoms with Crippen LogP contribution in [0.1, 0.15) is 18.1 Å². The summed E-state index contributed by atoms with van der Waals surface area (Å²) in [5.74, 6) is -0.217. The Balaban J connectivity index is 2.10. The van der Waals surface area contributed by atoms with Crippen LogP contribution in [0.2, 0.25) is 5.02 Å². The fourth-order valence-electron chi connectivity index (χ4n) is 2.32. The number of nitrogens with two attached hydrogens (primary N) is 1. The molecule has 3 nitrogen and oxygen atoms in total. The Hall–Kier alpha value is -1.06. The van der Waals surface area contributed by atoms with Gasteiger partial charge in [0.05, 0.1) is 6.61 Å². The Morgan fingerprint density at radius 1 is 1.59 bits per heavy atom. The summed E-state index contributed by atoms with van der Waals surface area (Å²) in [7, 11) is 0. The van der Waals surface area contributed by atoms with Crippen molar-refractivity contribution in [2.24, 2.45) is 11.7 Å². The third-order valence-corrected chi connectivity index (χ3v) is 3.59. The molecule has 2 N–H and O–H groups in total. The highest BCUT2D eigenvalue weighted by molar-refractivity contribution is 6.31. The first-order valence-electron chi connectivity index (χ1n) is 5.82. The molecule has 0 spiro atoms. The second-order valence-corrected chi connectivity index (χ2v) is 4.73. The van der Waals surface area contributed by atoms with E-state index in [1.165, 1.54) is 5.56 Å². The van der Waals surface area contributed by atoms with Crippen LogP contribution in [0.5, 0.6) is 0 Å². The molecule has 0 aromatic heterocycles. The number of carbonyl (C=O) groups excluding carboxylic acids is 1. The smallest absolute Gasteiger partial charge is 0.323 e. The highest BCUT2D eigenvalue weighted by Crippen LogP contribution is 2.33. The van der Waals surface area contributed by atoms with Gasteiger partial charge in [-0.3, -0.25) is 4.79 Å². The van der Waals surface area contributed by atoms with E-state index in [1.54, 1.807) is 6.92 Å². The number of ether oxygens (including phenoxy) is 1. The summed E-state index contributed by atoms with van der Waals surface area (Å²) in [5, 5.41) is 0.765. The summed E-state index contributed by atoms with van der Waals surface area (Å²) >= 11 is 6.12. The molecule has 92 valence electrons. The lowest BCUT2D eigenvalue weighted by atomic mass is 9.97. The Kier molecular flexibility index (Phi) is 3.69. The second kappa shape index (κ2) is 5.07. The summed E-state index contributed by atoms with van der Waals surface area (Å²) in [5.41, 5.74) is 8.24. The number of esters is 1. The van der Waals surface area contributed by atoms with E-state index in [4.69, 9.17) is 22.1 Å². The molecule has 1 aliphatic rings. The van der Waals surface area contributed by atoms with E-state index in [0.29, 0.717) is 6.61 Å². The molecule has 0 bridgehead atoms. The molecule has 17 heavy (non-hydrogen) atoms. The molecule has 0 fully saturated rings. The maximum atomic E-state index is 11.6. The summed E-state index contributed by atoms with van der Waals surface area (Å²) in [4.78, 5) is 11.6. The number of benzene rings is 1. The van der Waals surface area contributed by atoms with Gasteiger partial charge < -0.3 is 10.5 Å². The molecule has 1 aromatic rings. The minimum absolute atomic E-state index is 0.101. The van der Waals surface area contributed by atoms with Gasteiger partial charge in [0.25, 0.3) is 0 Å². The summed E-state index contributed by atoms with van der Waals surface area (Å²) in [6.45, 7) is 2.15. The molecule has 2 unspecified atom stereocenters. The van der Waals surface area contributed by atoms with Crippen molar-refractivity contribution in [3.8, 4) is 0 Å². The van der Waals surface area contributed by atoms with Crippen LogP contribution >= 0.6 is 11.6 Å². The van der Waals surface area contributed by atoms with E-state index in [1.807, 2.05) is 18.2 Å². The Labute approximate surface area is 106 Å². The summed E-state index contributed by atoms with van der Waals surface area (Å²) < 4.78 is 4.95. The van der Waals surface area contributed by atoms with Crippen molar-refractivity contribution in [1.82, 2.24) is 0 Å². The lowest BCUT2D eigenvalue weighted by molar-refractivity contribution is -0.145. The molecule has 0 saturated heterocycles. The lowest BCUT2D eigenvalue weighted by Crippen LogP contribution is -2.39. The van der Waals surface area contributed by atoms with Gasteiger partial charge in [0.15, 0.2) is 0 Å².